The quantitative estimate of drug-likeness (QED) is 0.617. The van der Waals surface area contributed by atoms with Crippen LogP contribution in [0.2, 0.25) is 0 Å². The number of alkyl halides is 3. The predicted molar refractivity (Wildman–Crippen MR) is 110 cm³/mol. The lowest BCUT2D eigenvalue weighted by Crippen LogP contribution is -2.38. The van der Waals surface area contributed by atoms with Crippen molar-refractivity contribution >= 4 is 27.4 Å². The van der Waals surface area contributed by atoms with Crippen molar-refractivity contribution in [1.29, 1.82) is 0 Å². The smallest absolute Gasteiger partial charge is 0.367 e. The number of hydrogen-bond acceptors (Lipinski definition) is 5. The molecule has 4 rings (SSSR count). The molecule has 0 radical (unpaired) electrons. The Hall–Kier alpha value is -2.19. The van der Waals surface area contributed by atoms with Gasteiger partial charge in [-0.3, -0.25) is 4.90 Å². The third kappa shape index (κ3) is 5.05. The third-order valence-electron chi connectivity index (χ3n) is 5.34. The van der Waals surface area contributed by atoms with Crippen molar-refractivity contribution in [2.75, 3.05) is 18.4 Å². The maximum Gasteiger partial charge on any atom is 0.393 e. The molecule has 8 heteroatoms. The molecule has 0 bridgehead atoms. The van der Waals surface area contributed by atoms with E-state index in [1.807, 2.05) is 0 Å². The van der Waals surface area contributed by atoms with Crippen LogP contribution >= 0.6 is 11.3 Å². The van der Waals surface area contributed by atoms with Gasteiger partial charge in [-0.1, -0.05) is 24.3 Å². The molecule has 0 aliphatic carbocycles. The van der Waals surface area contributed by atoms with Gasteiger partial charge in [0.25, 0.3) is 0 Å². The number of nitrogens with one attached hydrogen (secondary N) is 1. The van der Waals surface area contributed by atoms with Crippen LogP contribution in [0.5, 0.6) is 0 Å². The molecule has 0 saturated carbocycles. The van der Waals surface area contributed by atoms with Crippen molar-refractivity contribution in [3.8, 4) is 0 Å². The first-order valence-corrected chi connectivity index (χ1v) is 10.5. The Kier molecular flexibility index (Phi) is 5.74. The van der Waals surface area contributed by atoms with E-state index in [1.54, 1.807) is 6.07 Å². The Morgan fingerprint density at radius 1 is 1.17 bits per heavy atom. The number of anilines is 1. The standard InChI is InChI=1S/C21H23F3N4S/c1-14-4-2-3-5-15(14)12-28-8-6-16(7-9-28)27-19-18-10-17(11-21(22,23)24)29-20(18)26-13-25-19/h2-5,10,13,16H,6-9,11-12H2,1H3,(H,25,26,27). The second kappa shape index (κ2) is 8.28. The van der Waals surface area contributed by atoms with Crippen LogP contribution in [0.25, 0.3) is 10.2 Å². The van der Waals surface area contributed by atoms with Gasteiger partial charge in [0.2, 0.25) is 0 Å². The predicted octanol–water partition coefficient (Wildman–Crippen LogP) is 5.18. The van der Waals surface area contributed by atoms with Crippen molar-refractivity contribution in [3.63, 3.8) is 0 Å². The topological polar surface area (TPSA) is 41.0 Å². The molecule has 3 aromatic rings. The van der Waals surface area contributed by atoms with E-state index in [-0.39, 0.29) is 10.9 Å². The molecule has 29 heavy (non-hydrogen) atoms. The molecule has 0 atom stereocenters. The number of aromatic nitrogens is 2. The van der Waals surface area contributed by atoms with Crippen LogP contribution in [-0.4, -0.2) is 40.2 Å². The first-order valence-electron chi connectivity index (χ1n) is 9.71. The van der Waals surface area contributed by atoms with E-state index in [0.29, 0.717) is 16.0 Å². The van der Waals surface area contributed by atoms with Gasteiger partial charge < -0.3 is 5.32 Å². The van der Waals surface area contributed by atoms with E-state index in [4.69, 9.17) is 0 Å². The monoisotopic (exact) mass is 420 g/mol. The van der Waals surface area contributed by atoms with Crippen LogP contribution in [0.1, 0.15) is 28.8 Å². The van der Waals surface area contributed by atoms with Gasteiger partial charge in [-0.15, -0.1) is 11.3 Å². The normalized spacial score (nSPS) is 16.4. The van der Waals surface area contributed by atoms with Gasteiger partial charge in [0.05, 0.1) is 11.8 Å². The summed E-state index contributed by atoms with van der Waals surface area (Å²) in [5, 5.41) is 4.12. The Bertz CT molecular complexity index is 977. The highest BCUT2D eigenvalue weighted by atomic mass is 32.1. The summed E-state index contributed by atoms with van der Waals surface area (Å²) in [6.45, 7) is 5.03. The van der Waals surface area contributed by atoms with E-state index >= 15 is 0 Å². The molecule has 1 aliphatic heterocycles. The van der Waals surface area contributed by atoms with Crippen LogP contribution in [0.4, 0.5) is 19.0 Å². The van der Waals surface area contributed by atoms with Gasteiger partial charge in [0.15, 0.2) is 0 Å². The summed E-state index contributed by atoms with van der Waals surface area (Å²) in [6.07, 6.45) is -1.78. The van der Waals surface area contributed by atoms with Crippen LogP contribution in [0.15, 0.2) is 36.7 Å². The average Bonchev–Trinajstić information content (AvgIpc) is 3.07. The Morgan fingerprint density at radius 3 is 2.66 bits per heavy atom. The number of benzene rings is 1. The Labute approximate surface area is 171 Å². The van der Waals surface area contributed by atoms with Gasteiger partial charge in [-0.2, -0.15) is 13.2 Å². The van der Waals surface area contributed by atoms with Gasteiger partial charge in [0.1, 0.15) is 17.0 Å². The highest BCUT2D eigenvalue weighted by molar-refractivity contribution is 7.18. The zero-order valence-electron chi connectivity index (χ0n) is 16.2. The summed E-state index contributed by atoms with van der Waals surface area (Å²) in [7, 11) is 0. The minimum absolute atomic E-state index is 0.257. The molecule has 1 fully saturated rings. The molecule has 0 amide bonds. The van der Waals surface area contributed by atoms with Crippen LogP contribution in [-0.2, 0) is 13.0 Å². The number of halogens is 3. The number of fused-ring (bicyclic) bond motifs is 1. The van der Waals surface area contributed by atoms with Crippen molar-refractivity contribution in [2.45, 2.75) is 44.9 Å². The molecular weight excluding hydrogens is 397 g/mol. The fourth-order valence-corrected chi connectivity index (χ4v) is 4.79. The zero-order chi connectivity index (χ0) is 20.4. The maximum absolute atomic E-state index is 12.7. The summed E-state index contributed by atoms with van der Waals surface area (Å²) in [4.78, 5) is 11.8. The summed E-state index contributed by atoms with van der Waals surface area (Å²) in [6, 6.07) is 10.3. The van der Waals surface area contributed by atoms with Crippen LogP contribution in [0.3, 0.4) is 0 Å². The zero-order valence-corrected chi connectivity index (χ0v) is 17.0. The molecule has 154 valence electrons. The lowest BCUT2D eigenvalue weighted by molar-refractivity contribution is -0.126. The molecule has 4 nitrogen and oxygen atoms in total. The Morgan fingerprint density at radius 2 is 1.93 bits per heavy atom. The SMILES string of the molecule is Cc1ccccc1CN1CCC(Nc2ncnc3sc(CC(F)(F)F)cc23)CC1. The van der Waals surface area contributed by atoms with Crippen molar-refractivity contribution in [2.24, 2.45) is 0 Å². The molecule has 1 saturated heterocycles. The summed E-state index contributed by atoms with van der Waals surface area (Å²) >= 11 is 1.08. The first kappa shape index (κ1) is 20.1. The number of likely N-dealkylation sites (tertiary alicyclic amines) is 1. The van der Waals surface area contributed by atoms with Crippen LogP contribution in [0, 0.1) is 6.92 Å². The molecule has 1 aromatic carbocycles. The molecule has 3 heterocycles. The van der Waals surface area contributed by atoms with Gasteiger partial charge in [-0.05, 0) is 37.0 Å². The number of hydrogen-bond donors (Lipinski definition) is 1. The summed E-state index contributed by atoms with van der Waals surface area (Å²) in [5.74, 6) is 0.636. The maximum atomic E-state index is 12.7. The minimum Gasteiger partial charge on any atom is -0.367 e. The van der Waals surface area contributed by atoms with Crippen LogP contribution < -0.4 is 5.32 Å². The van der Waals surface area contributed by atoms with Gasteiger partial charge in [0, 0.05) is 30.6 Å². The number of piperidine rings is 1. The van der Waals surface area contributed by atoms with E-state index in [1.165, 1.54) is 17.5 Å². The van der Waals surface area contributed by atoms with E-state index in [2.05, 4.69) is 51.4 Å². The van der Waals surface area contributed by atoms with Gasteiger partial charge >= 0.3 is 6.18 Å². The fourth-order valence-electron chi connectivity index (χ4n) is 3.76. The second-order valence-electron chi connectivity index (χ2n) is 7.57. The average molecular weight is 421 g/mol. The third-order valence-corrected chi connectivity index (χ3v) is 6.38. The first-order chi connectivity index (χ1) is 13.9. The van der Waals surface area contributed by atoms with E-state index in [0.717, 1.165) is 43.8 Å². The summed E-state index contributed by atoms with van der Waals surface area (Å²) < 4.78 is 38.1. The number of rotatable bonds is 5. The fraction of sp³-hybridized carbons (Fsp3) is 0.429. The van der Waals surface area contributed by atoms with E-state index in [9.17, 15) is 13.2 Å². The van der Waals surface area contributed by atoms with E-state index < -0.39 is 12.6 Å². The lowest BCUT2D eigenvalue weighted by atomic mass is 10.0. The van der Waals surface area contributed by atoms with Gasteiger partial charge in [-0.25, -0.2) is 9.97 Å². The number of thiophene rings is 1. The number of nitrogens with zero attached hydrogens (tertiary/aromatic N) is 3. The number of aryl methyl sites for hydroxylation is 1. The molecule has 0 spiro atoms. The molecule has 2 aromatic heterocycles. The molecular formula is C21H23F3N4S. The minimum atomic E-state index is -4.22. The lowest BCUT2D eigenvalue weighted by Gasteiger charge is -2.33. The highest BCUT2D eigenvalue weighted by Crippen LogP contribution is 2.33. The highest BCUT2D eigenvalue weighted by Gasteiger charge is 2.29. The summed E-state index contributed by atoms with van der Waals surface area (Å²) in [5.41, 5.74) is 2.66. The molecule has 1 N–H and O–H groups in total. The molecule has 1 aliphatic rings. The molecule has 0 unspecified atom stereocenters. The largest absolute Gasteiger partial charge is 0.393 e. The Balaban J connectivity index is 1.39. The second-order valence-corrected chi connectivity index (χ2v) is 8.68. The van der Waals surface area contributed by atoms with Crippen molar-refractivity contribution in [3.05, 3.63) is 52.7 Å². The van der Waals surface area contributed by atoms with Crippen molar-refractivity contribution < 1.29 is 13.2 Å². The van der Waals surface area contributed by atoms with Crippen molar-refractivity contribution in [1.82, 2.24) is 14.9 Å².